The highest BCUT2D eigenvalue weighted by molar-refractivity contribution is 6.01. The van der Waals surface area contributed by atoms with E-state index >= 15 is 0 Å². The van der Waals surface area contributed by atoms with E-state index in [-0.39, 0.29) is 5.91 Å². The van der Waals surface area contributed by atoms with Crippen LogP contribution in [0.3, 0.4) is 0 Å². The molecule has 0 radical (unpaired) electrons. The number of aromatic nitrogens is 2. The Labute approximate surface area is 168 Å². The van der Waals surface area contributed by atoms with Gasteiger partial charge in [0.2, 0.25) is 5.91 Å². The average molecular weight is 384 g/mol. The Morgan fingerprint density at radius 1 is 0.828 bits per heavy atom. The van der Waals surface area contributed by atoms with Gasteiger partial charge in [0, 0.05) is 34.6 Å². The predicted octanol–water partition coefficient (Wildman–Crippen LogP) is 5.01. The third-order valence-corrected chi connectivity index (χ3v) is 4.52. The first kappa shape index (κ1) is 18.4. The summed E-state index contributed by atoms with van der Waals surface area (Å²) in [6.45, 7) is 1.48. The fourth-order valence-electron chi connectivity index (χ4n) is 3.14. The number of carbonyl (C=O) groups is 1. The lowest BCUT2D eigenvalue weighted by Crippen LogP contribution is -2.05. The monoisotopic (exact) mass is 384 g/mol. The molecule has 0 aliphatic rings. The SMILES string of the molecule is COc1ccc(-c2nnc(Nc3ccc(NC(C)=O)cc3)c3ccccc23)cc1. The number of anilines is 3. The molecule has 0 atom stereocenters. The van der Waals surface area contributed by atoms with Crippen LogP contribution in [0.1, 0.15) is 6.92 Å². The van der Waals surface area contributed by atoms with Gasteiger partial charge in [-0.3, -0.25) is 4.79 Å². The largest absolute Gasteiger partial charge is 0.497 e. The first-order valence-electron chi connectivity index (χ1n) is 9.18. The number of hydrogen-bond donors (Lipinski definition) is 2. The van der Waals surface area contributed by atoms with Crippen molar-refractivity contribution in [1.29, 1.82) is 0 Å². The lowest BCUT2D eigenvalue weighted by molar-refractivity contribution is -0.114. The molecule has 6 heteroatoms. The molecule has 0 aliphatic carbocycles. The summed E-state index contributed by atoms with van der Waals surface area (Å²) in [7, 11) is 1.65. The smallest absolute Gasteiger partial charge is 0.221 e. The third-order valence-electron chi connectivity index (χ3n) is 4.52. The number of nitrogens with zero attached hydrogens (tertiary/aromatic N) is 2. The number of fused-ring (bicyclic) bond motifs is 1. The number of hydrogen-bond acceptors (Lipinski definition) is 5. The quantitative estimate of drug-likeness (QED) is 0.506. The van der Waals surface area contributed by atoms with Crippen molar-refractivity contribution in [2.24, 2.45) is 0 Å². The van der Waals surface area contributed by atoms with E-state index in [2.05, 4.69) is 20.8 Å². The summed E-state index contributed by atoms with van der Waals surface area (Å²) in [4.78, 5) is 11.2. The summed E-state index contributed by atoms with van der Waals surface area (Å²) in [5.74, 6) is 1.37. The Kier molecular flexibility index (Phi) is 5.07. The summed E-state index contributed by atoms with van der Waals surface area (Å²) in [5.41, 5.74) is 3.39. The molecule has 1 aromatic heterocycles. The van der Waals surface area contributed by atoms with Gasteiger partial charge < -0.3 is 15.4 Å². The van der Waals surface area contributed by atoms with E-state index in [0.717, 1.165) is 39.2 Å². The zero-order valence-electron chi connectivity index (χ0n) is 16.1. The molecule has 3 aromatic carbocycles. The van der Waals surface area contributed by atoms with E-state index in [4.69, 9.17) is 4.74 Å². The van der Waals surface area contributed by atoms with E-state index in [1.165, 1.54) is 6.92 Å². The molecule has 29 heavy (non-hydrogen) atoms. The Balaban J connectivity index is 1.68. The minimum absolute atomic E-state index is 0.100. The second kappa shape index (κ2) is 7.98. The Morgan fingerprint density at radius 2 is 1.48 bits per heavy atom. The maximum atomic E-state index is 11.2. The zero-order valence-corrected chi connectivity index (χ0v) is 16.1. The standard InChI is InChI=1S/C23H20N4O2/c1-15(28)24-17-9-11-18(12-10-17)25-23-21-6-4-3-5-20(21)22(26-27-23)16-7-13-19(29-2)14-8-16/h3-14H,1-2H3,(H,24,28)(H,25,27). The Hall–Kier alpha value is -3.93. The molecule has 1 amide bonds. The number of benzene rings is 3. The highest BCUT2D eigenvalue weighted by Gasteiger charge is 2.11. The van der Waals surface area contributed by atoms with Gasteiger partial charge in [-0.25, -0.2) is 0 Å². The number of rotatable bonds is 5. The van der Waals surface area contributed by atoms with Crippen LogP contribution in [0.4, 0.5) is 17.2 Å². The number of nitrogens with one attached hydrogen (secondary N) is 2. The zero-order chi connectivity index (χ0) is 20.2. The van der Waals surface area contributed by atoms with Crippen LogP contribution in [0.2, 0.25) is 0 Å². The first-order chi connectivity index (χ1) is 14.1. The number of carbonyl (C=O) groups excluding carboxylic acids is 1. The van der Waals surface area contributed by atoms with Crippen LogP contribution in [-0.2, 0) is 4.79 Å². The van der Waals surface area contributed by atoms with Crippen LogP contribution >= 0.6 is 0 Å². The molecule has 1 heterocycles. The summed E-state index contributed by atoms with van der Waals surface area (Å²) in [5, 5.41) is 17.0. The van der Waals surface area contributed by atoms with Gasteiger partial charge in [-0.05, 0) is 48.5 Å². The van der Waals surface area contributed by atoms with Crippen molar-refractivity contribution in [2.75, 3.05) is 17.7 Å². The minimum atomic E-state index is -0.100. The number of amides is 1. The molecule has 0 spiro atoms. The average Bonchev–Trinajstić information content (AvgIpc) is 2.75. The number of ether oxygens (including phenoxy) is 1. The summed E-state index contributed by atoms with van der Waals surface area (Å²) in [6, 6.07) is 23.2. The Morgan fingerprint density at radius 3 is 2.14 bits per heavy atom. The van der Waals surface area contributed by atoms with Gasteiger partial charge in [-0.15, -0.1) is 10.2 Å². The molecule has 144 valence electrons. The van der Waals surface area contributed by atoms with Crippen molar-refractivity contribution < 1.29 is 9.53 Å². The van der Waals surface area contributed by atoms with Crippen molar-refractivity contribution in [3.63, 3.8) is 0 Å². The molecule has 2 N–H and O–H groups in total. The maximum Gasteiger partial charge on any atom is 0.221 e. The maximum absolute atomic E-state index is 11.2. The van der Waals surface area contributed by atoms with Gasteiger partial charge in [-0.1, -0.05) is 24.3 Å². The number of methoxy groups -OCH3 is 1. The van der Waals surface area contributed by atoms with E-state index in [1.54, 1.807) is 7.11 Å². The van der Waals surface area contributed by atoms with Crippen LogP contribution in [0, 0.1) is 0 Å². The van der Waals surface area contributed by atoms with Crippen molar-refractivity contribution in [3.8, 4) is 17.0 Å². The molecule has 0 unspecified atom stereocenters. The predicted molar refractivity (Wildman–Crippen MR) is 116 cm³/mol. The van der Waals surface area contributed by atoms with Crippen molar-refractivity contribution >= 4 is 33.9 Å². The van der Waals surface area contributed by atoms with E-state index < -0.39 is 0 Å². The fraction of sp³-hybridized carbons (Fsp3) is 0.0870. The van der Waals surface area contributed by atoms with Crippen LogP contribution in [0.15, 0.2) is 72.8 Å². The molecule has 6 nitrogen and oxygen atoms in total. The lowest BCUT2D eigenvalue weighted by Gasteiger charge is -2.12. The van der Waals surface area contributed by atoms with Crippen LogP contribution in [-0.4, -0.2) is 23.2 Å². The topological polar surface area (TPSA) is 76.1 Å². The minimum Gasteiger partial charge on any atom is -0.497 e. The normalized spacial score (nSPS) is 10.6. The molecule has 0 saturated heterocycles. The van der Waals surface area contributed by atoms with Gasteiger partial charge in [0.25, 0.3) is 0 Å². The van der Waals surface area contributed by atoms with E-state index in [9.17, 15) is 4.79 Å². The van der Waals surface area contributed by atoms with Crippen molar-refractivity contribution in [1.82, 2.24) is 10.2 Å². The van der Waals surface area contributed by atoms with Gasteiger partial charge in [0.1, 0.15) is 11.4 Å². The molecule has 0 bridgehead atoms. The van der Waals surface area contributed by atoms with Crippen molar-refractivity contribution in [2.45, 2.75) is 6.92 Å². The van der Waals surface area contributed by atoms with Gasteiger partial charge in [-0.2, -0.15) is 0 Å². The fourth-order valence-corrected chi connectivity index (χ4v) is 3.14. The molecule has 0 saturated carbocycles. The second-order valence-electron chi connectivity index (χ2n) is 6.55. The van der Waals surface area contributed by atoms with E-state index in [1.807, 2.05) is 72.8 Å². The Bertz CT molecular complexity index is 1160. The molecular formula is C23H20N4O2. The highest BCUT2D eigenvalue weighted by atomic mass is 16.5. The molecular weight excluding hydrogens is 364 g/mol. The third kappa shape index (κ3) is 4.01. The van der Waals surface area contributed by atoms with Gasteiger partial charge >= 0.3 is 0 Å². The van der Waals surface area contributed by atoms with Gasteiger partial charge in [0.05, 0.1) is 7.11 Å². The molecule has 0 fully saturated rings. The summed E-state index contributed by atoms with van der Waals surface area (Å²) in [6.07, 6.45) is 0. The highest BCUT2D eigenvalue weighted by Crippen LogP contribution is 2.31. The molecule has 0 aliphatic heterocycles. The van der Waals surface area contributed by atoms with Crippen LogP contribution in [0.5, 0.6) is 5.75 Å². The second-order valence-corrected chi connectivity index (χ2v) is 6.55. The molecule has 4 aromatic rings. The van der Waals surface area contributed by atoms with E-state index in [0.29, 0.717) is 5.82 Å². The van der Waals surface area contributed by atoms with Crippen LogP contribution in [0.25, 0.3) is 22.0 Å². The molecule has 4 rings (SSSR count). The van der Waals surface area contributed by atoms with Crippen molar-refractivity contribution in [3.05, 3.63) is 72.8 Å². The summed E-state index contributed by atoms with van der Waals surface area (Å²) >= 11 is 0. The lowest BCUT2D eigenvalue weighted by atomic mass is 10.0. The first-order valence-corrected chi connectivity index (χ1v) is 9.18. The van der Waals surface area contributed by atoms with Crippen LogP contribution < -0.4 is 15.4 Å². The van der Waals surface area contributed by atoms with Gasteiger partial charge in [0.15, 0.2) is 5.82 Å². The summed E-state index contributed by atoms with van der Waals surface area (Å²) < 4.78 is 5.24.